The van der Waals surface area contributed by atoms with Crippen molar-refractivity contribution in [1.82, 2.24) is 0 Å². The molecule has 318 valence electrons. The van der Waals surface area contributed by atoms with E-state index in [2.05, 4.69) is 38.2 Å². The van der Waals surface area contributed by atoms with Crippen molar-refractivity contribution in [3.05, 3.63) is 24.3 Å². The smallest absolute Gasteiger partial charge is 0.462 e. The van der Waals surface area contributed by atoms with Gasteiger partial charge in [-0.2, -0.15) is 0 Å². The van der Waals surface area contributed by atoms with Crippen LogP contribution in [0.15, 0.2) is 24.3 Å². The van der Waals surface area contributed by atoms with E-state index >= 15 is 0 Å². The quantitative estimate of drug-likeness (QED) is 0.0215. The molecule has 0 aliphatic rings. The van der Waals surface area contributed by atoms with Crippen molar-refractivity contribution in [2.45, 2.75) is 200 Å². The van der Waals surface area contributed by atoms with Crippen LogP contribution in [0.5, 0.6) is 0 Å². The predicted octanol–water partition coefficient (Wildman–Crippen LogP) is 12.4. The molecule has 0 aromatic carbocycles. The zero-order valence-electron chi connectivity index (χ0n) is 35.7. The Balaban J connectivity index is 4.34. The molecule has 0 fully saturated rings. The summed E-state index contributed by atoms with van der Waals surface area (Å²) in [5.74, 6) is -0.802. The van der Waals surface area contributed by atoms with Crippen LogP contribution < -0.4 is 0 Å². The SMILES string of the molecule is CCCCC/C=C\C/C=C\CCCCCCCCCC(=O)OC[C@H](COP(=O)(O)OCC[N+](C)(C)C)OC(=O)CCCCCCCCCCCCCCC. The number of carbonyl (C=O) groups excluding carboxylic acids is 2. The number of rotatable bonds is 40. The molecule has 0 saturated carbocycles. The van der Waals surface area contributed by atoms with Crippen LogP contribution in [0.3, 0.4) is 0 Å². The lowest BCUT2D eigenvalue weighted by molar-refractivity contribution is -0.870. The number of likely N-dealkylation sites (N-methyl/N-ethyl adjacent to an activating group) is 1. The van der Waals surface area contributed by atoms with Crippen LogP contribution in [-0.4, -0.2) is 74.9 Å². The zero-order chi connectivity index (χ0) is 40.0. The Morgan fingerprint density at radius 1 is 0.574 bits per heavy atom. The van der Waals surface area contributed by atoms with Gasteiger partial charge in [-0.1, -0.05) is 160 Å². The maximum absolute atomic E-state index is 12.7. The van der Waals surface area contributed by atoms with Gasteiger partial charge in [0.1, 0.15) is 19.8 Å². The molecule has 0 bridgehead atoms. The third kappa shape index (κ3) is 40.2. The van der Waals surface area contributed by atoms with Gasteiger partial charge in [0.25, 0.3) is 0 Å². The van der Waals surface area contributed by atoms with Gasteiger partial charge in [-0.3, -0.25) is 18.6 Å². The highest BCUT2D eigenvalue weighted by Gasteiger charge is 2.27. The minimum absolute atomic E-state index is 0.0322. The first-order valence-electron chi connectivity index (χ1n) is 22.1. The van der Waals surface area contributed by atoms with Crippen molar-refractivity contribution >= 4 is 19.8 Å². The predicted molar refractivity (Wildman–Crippen MR) is 224 cm³/mol. The van der Waals surface area contributed by atoms with E-state index in [1.54, 1.807) is 0 Å². The molecule has 0 aromatic rings. The summed E-state index contributed by atoms with van der Waals surface area (Å²) in [7, 11) is 1.48. The Hall–Kier alpha value is -1.51. The molecule has 0 heterocycles. The van der Waals surface area contributed by atoms with E-state index in [-0.39, 0.29) is 32.0 Å². The summed E-state index contributed by atoms with van der Waals surface area (Å²) in [6, 6.07) is 0. The lowest BCUT2D eigenvalue weighted by Crippen LogP contribution is -2.37. The van der Waals surface area contributed by atoms with Crippen molar-refractivity contribution in [3.63, 3.8) is 0 Å². The first-order chi connectivity index (χ1) is 26.0. The normalized spacial score (nSPS) is 13.8. The minimum atomic E-state index is -4.37. The number of nitrogens with zero attached hydrogens (tertiary/aromatic N) is 1. The van der Waals surface area contributed by atoms with Crippen molar-refractivity contribution < 1.29 is 42.1 Å². The van der Waals surface area contributed by atoms with Gasteiger partial charge in [0.2, 0.25) is 0 Å². The number of phosphoric ester groups is 1. The molecule has 54 heavy (non-hydrogen) atoms. The summed E-state index contributed by atoms with van der Waals surface area (Å²) < 4.78 is 34.3. The van der Waals surface area contributed by atoms with Crippen LogP contribution in [-0.2, 0) is 32.7 Å². The molecule has 0 aromatic heterocycles. The number of carbonyl (C=O) groups is 2. The van der Waals surface area contributed by atoms with E-state index < -0.39 is 26.5 Å². The topological polar surface area (TPSA) is 108 Å². The number of phosphoric acid groups is 1. The van der Waals surface area contributed by atoms with Gasteiger partial charge in [-0.15, -0.1) is 0 Å². The van der Waals surface area contributed by atoms with E-state index in [1.165, 1.54) is 109 Å². The number of hydrogen-bond donors (Lipinski definition) is 1. The Bertz CT molecular complexity index is 980. The van der Waals surface area contributed by atoms with Gasteiger partial charge in [0.15, 0.2) is 6.10 Å². The van der Waals surface area contributed by atoms with Gasteiger partial charge in [0, 0.05) is 12.8 Å². The summed E-state index contributed by atoms with van der Waals surface area (Å²) in [6.45, 7) is 4.40. The molecule has 2 atom stereocenters. The third-order valence-electron chi connectivity index (χ3n) is 9.48. The van der Waals surface area contributed by atoms with Crippen LogP contribution in [0.25, 0.3) is 0 Å². The number of hydrogen-bond acceptors (Lipinski definition) is 7. The van der Waals surface area contributed by atoms with Gasteiger partial charge >= 0.3 is 19.8 Å². The van der Waals surface area contributed by atoms with Crippen molar-refractivity contribution in [2.24, 2.45) is 0 Å². The summed E-state index contributed by atoms with van der Waals surface area (Å²) in [5.41, 5.74) is 0. The minimum Gasteiger partial charge on any atom is -0.462 e. The van der Waals surface area contributed by atoms with Crippen molar-refractivity contribution in [3.8, 4) is 0 Å². The number of unbranched alkanes of at least 4 members (excludes halogenated alkanes) is 22. The average Bonchev–Trinajstić information content (AvgIpc) is 3.12. The van der Waals surface area contributed by atoms with Gasteiger partial charge in [-0.25, -0.2) is 4.57 Å². The summed E-state index contributed by atoms with van der Waals surface area (Å²) in [5, 5.41) is 0. The molecule has 0 radical (unpaired) electrons. The summed E-state index contributed by atoms with van der Waals surface area (Å²) in [6.07, 6.45) is 39.3. The maximum Gasteiger partial charge on any atom is 0.472 e. The maximum atomic E-state index is 12.7. The number of esters is 2. The lowest BCUT2D eigenvalue weighted by atomic mass is 10.0. The van der Waals surface area contributed by atoms with Gasteiger partial charge < -0.3 is 18.9 Å². The standard InChI is InChI=1S/C44H84NO8P/c1-6-8-10-12-14-16-18-20-21-22-23-25-26-28-30-32-34-36-43(46)50-40-42(41-52-54(48,49)51-39-38-45(3,4)5)53-44(47)37-35-33-31-29-27-24-19-17-15-13-11-9-7-2/h14,16,20-21,42H,6-13,15,17-19,22-41H2,1-5H3/p+1/b16-14-,21-20-/t42-/m1/s1. The summed E-state index contributed by atoms with van der Waals surface area (Å²) >= 11 is 0. The summed E-state index contributed by atoms with van der Waals surface area (Å²) in [4.78, 5) is 35.3. The molecule has 0 rings (SSSR count). The largest absolute Gasteiger partial charge is 0.472 e. The first kappa shape index (κ1) is 52.5. The second kappa shape index (κ2) is 37.1. The van der Waals surface area contributed by atoms with Crippen molar-refractivity contribution in [2.75, 3.05) is 47.5 Å². The fourth-order valence-electron chi connectivity index (χ4n) is 5.99. The molecular weight excluding hydrogens is 701 g/mol. The van der Waals surface area contributed by atoms with Crippen LogP contribution in [0, 0.1) is 0 Å². The first-order valence-corrected chi connectivity index (χ1v) is 23.6. The number of allylic oxidation sites excluding steroid dienone is 4. The van der Waals surface area contributed by atoms with Crippen LogP contribution in [0.4, 0.5) is 0 Å². The molecule has 1 N–H and O–H groups in total. The van der Waals surface area contributed by atoms with E-state index in [1.807, 2.05) is 21.1 Å². The molecule has 1 unspecified atom stereocenters. The fraction of sp³-hybridized carbons (Fsp3) is 0.864. The lowest BCUT2D eigenvalue weighted by Gasteiger charge is -2.24. The highest BCUT2D eigenvalue weighted by molar-refractivity contribution is 7.47. The van der Waals surface area contributed by atoms with Gasteiger partial charge in [-0.05, 0) is 44.9 Å². The molecule has 0 aliphatic heterocycles. The number of ether oxygens (including phenoxy) is 2. The molecule has 0 spiro atoms. The molecule has 0 amide bonds. The van der Waals surface area contributed by atoms with Gasteiger partial charge in [0.05, 0.1) is 27.7 Å². The van der Waals surface area contributed by atoms with E-state index in [0.717, 1.165) is 51.4 Å². The number of quaternary nitrogens is 1. The Labute approximate surface area is 332 Å². The zero-order valence-corrected chi connectivity index (χ0v) is 36.6. The Morgan fingerprint density at radius 3 is 1.50 bits per heavy atom. The van der Waals surface area contributed by atoms with E-state index in [9.17, 15) is 19.0 Å². The van der Waals surface area contributed by atoms with Crippen molar-refractivity contribution in [1.29, 1.82) is 0 Å². The molecule has 0 saturated heterocycles. The fourth-order valence-corrected chi connectivity index (χ4v) is 6.73. The highest BCUT2D eigenvalue weighted by atomic mass is 31.2. The van der Waals surface area contributed by atoms with Crippen LogP contribution in [0.2, 0.25) is 0 Å². The van der Waals surface area contributed by atoms with E-state index in [4.69, 9.17) is 18.5 Å². The molecular formula is C44H85NO8P+. The average molecular weight is 787 g/mol. The Morgan fingerprint density at radius 2 is 1.00 bits per heavy atom. The molecule has 0 aliphatic carbocycles. The molecule has 10 heteroatoms. The second-order valence-electron chi connectivity index (χ2n) is 16.1. The second-order valence-corrected chi connectivity index (χ2v) is 17.5. The monoisotopic (exact) mass is 787 g/mol. The third-order valence-corrected chi connectivity index (χ3v) is 10.5. The highest BCUT2D eigenvalue weighted by Crippen LogP contribution is 2.43. The van der Waals surface area contributed by atoms with Crippen LogP contribution >= 0.6 is 7.82 Å². The molecule has 9 nitrogen and oxygen atoms in total. The Kier molecular flexibility index (Phi) is 36.1. The van der Waals surface area contributed by atoms with Crippen LogP contribution in [0.1, 0.15) is 194 Å². The van der Waals surface area contributed by atoms with E-state index in [0.29, 0.717) is 17.4 Å².